The van der Waals surface area contributed by atoms with Crippen molar-refractivity contribution in [1.82, 2.24) is 0 Å². The Morgan fingerprint density at radius 3 is 2.69 bits per heavy atom. The van der Waals surface area contributed by atoms with Crippen molar-refractivity contribution in [3.05, 3.63) is 27.7 Å². The number of benzene rings is 1. The van der Waals surface area contributed by atoms with Crippen LogP contribution in [0.2, 0.25) is 0 Å². The summed E-state index contributed by atoms with van der Waals surface area (Å²) in [4.78, 5) is 11.0. The number of Topliss-reactive ketones (excluding diaryl/α,β-unsaturated/α-hetero) is 1. The maximum absolute atomic E-state index is 11.0. The molecule has 0 aromatic heterocycles. The zero-order chi connectivity index (χ0) is 10.0. The van der Waals surface area contributed by atoms with Crippen LogP contribution in [0.3, 0.4) is 0 Å². The summed E-state index contributed by atoms with van der Waals surface area (Å²) in [5, 5.41) is 18.0. The Hall–Kier alpha value is -1.34. The van der Waals surface area contributed by atoms with Crippen LogP contribution in [0.25, 0.3) is 0 Å². The van der Waals surface area contributed by atoms with Crippen molar-refractivity contribution in [2.75, 3.05) is 0 Å². The van der Waals surface area contributed by atoms with E-state index in [0.717, 1.165) is 0 Å². The summed E-state index contributed by atoms with van der Waals surface area (Å²) in [5.74, 6) is -0.375. The summed E-state index contributed by atoms with van der Waals surface area (Å²) < 4.78 is 0.484. The maximum atomic E-state index is 11.0. The second-order valence-electron chi connectivity index (χ2n) is 2.52. The van der Waals surface area contributed by atoms with Gasteiger partial charge in [-0.3, -0.25) is 4.79 Å². The van der Waals surface area contributed by atoms with Crippen LogP contribution in [0.4, 0.5) is 0 Å². The summed E-state index contributed by atoms with van der Waals surface area (Å²) in [6.45, 7) is 1.34. The number of carbonyl (C=O) groups excluding carboxylic acids is 1. The normalized spacial score (nSPS) is 9.31. The fourth-order valence-electron chi connectivity index (χ4n) is 0.930. The first-order valence-corrected chi connectivity index (χ1v) is 4.29. The SMILES string of the molecule is CC(=O)c1cc(C#N)c(Br)cc1O. The number of rotatable bonds is 1. The molecule has 66 valence electrons. The van der Waals surface area contributed by atoms with Gasteiger partial charge in [0.25, 0.3) is 0 Å². The van der Waals surface area contributed by atoms with E-state index in [1.165, 1.54) is 19.1 Å². The van der Waals surface area contributed by atoms with E-state index in [4.69, 9.17) is 5.26 Å². The van der Waals surface area contributed by atoms with Crippen molar-refractivity contribution in [2.45, 2.75) is 6.92 Å². The first-order valence-electron chi connectivity index (χ1n) is 3.50. The van der Waals surface area contributed by atoms with Crippen molar-refractivity contribution in [3.8, 4) is 11.8 Å². The molecule has 0 bridgehead atoms. The van der Waals surface area contributed by atoms with Gasteiger partial charge in [-0.2, -0.15) is 5.26 Å². The minimum absolute atomic E-state index is 0.113. The number of phenols is 1. The molecule has 0 atom stereocenters. The van der Waals surface area contributed by atoms with E-state index in [1.807, 2.05) is 6.07 Å². The lowest BCUT2D eigenvalue weighted by molar-refractivity contribution is 0.101. The monoisotopic (exact) mass is 239 g/mol. The fraction of sp³-hybridized carbons (Fsp3) is 0.111. The lowest BCUT2D eigenvalue weighted by Crippen LogP contribution is -1.94. The van der Waals surface area contributed by atoms with E-state index in [2.05, 4.69) is 15.9 Å². The molecule has 3 nitrogen and oxygen atoms in total. The molecule has 1 N–H and O–H groups in total. The minimum atomic E-state index is -0.262. The van der Waals surface area contributed by atoms with Crippen molar-refractivity contribution in [3.63, 3.8) is 0 Å². The Balaban J connectivity index is 3.41. The number of aromatic hydroxyl groups is 1. The first-order chi connectivity index (χ1) is 6.06. The number of hydrogen-bond acceptors (Lipinski definition) is 3. The highest BCUT2D eigenvalue weighted by molar-refractivity contribution is 9.10. The van der Waals surface area contributed by atoms with Gasteiger partial charge in [-0.15, -0.1) is 0 Å². The lowest BCUT2D eigenvalue weighted by atomic mass is 10.1. The molecule has 1 rings (SSSR count). The molecule has 0 fully saturated rings. The Morgan fingerprint density at radius 2 is 2.23 bits per heavy atom. The van der Waals surface area contributed by atoms with Crippen molar-refractivity contribution in [1.29, 1.82) is 5.26 Å². The van der Waals surface area contributed by atoms with E-state index < -0.39 is 0 Å². The largest absolute Gasteiger partial charge is 0.507 e. The van der Waals surface area contributed by atoms with Crippen LogP contribution in [-0.4, -0.2) is 10.9 Å². The van der Waals surface area contributed by atoms with E-state index in [0.29, 0.717) is 10.0 Å². The second-order valence-corrected chi connectivity index (χ2v) is 3.37. The van der Waals surface area contributed by atoms with Gasteiger partial charge in [0.2, 0.25) is 0 Å². The topological polar surface area (TPSA) is 61.1 Å². The lowest BCUT2D eigenvalue weighted by Gasteiger charge is -2.02. The van der Waals surface area contributed by atoms with Crippen LogP contribution in [0.5, 0.6) is 5.75 Å². The molecule has 1 aromatic carbocycles. The van der Waals surface area contributed by atoms with E-state index >= 15 is 0 Å². The van der Waals surface area contributed by atoms with Crippen LogP contribution < -0.4 is 0 Å². The third-order valence-electron chi connectivity index (χ3n) is 1.59. The maximum Gasteiger partial charge on any atom is 0.163 e. The Labute approximate surface area is 83.7 Å². The van der Waals surface area contributed by atoms with Crippen LogP contribution >= 0.6 is 15.9 Å². The molecule has 1 aromatic rings. The quantitative estimate of drug-likeness (QED) is 0.765. The molecule has 0 saturated carbocycles. The Kier molecular flexibility index (Phi) is 2.69. The van der Waals surface area contributed by atoms with Gasteiger partial charge in [0, 0.05) is 4.47 Å². The fourth-order valence-corrected chi connectivity index (χ4v) is 1.35. The first kappa shape index (κ1) is 9.75. The summed E-state index contributed by atoms with van der Waals surface area (Å²) in [6, 6.07) is 4.61. The number of ketones is 1. The molecule has 0 saturated heterocycles. The van der Waals surface area contributed by atoms with Crippen molar-refractivity contribution < 1.29 is 9.90 Å². The van der Waals surface area contributed by atoms with E-state index in [9.17, 15) is 9.90 Å². The number of carbonyl (C=O) groups is 1. The molecule has 4 heteroatoms. The number of phenolic OH excluding ortho intramolecular Hbond substituents is 1. The van der Waals surface area contributed by atoms with E-state index in [-0.39, 0.29) is 17.1 Å². The molecule has 0 amide bonds. The van der Waals surface area contributed by atoms with Gasteiger partial charge in [0.15, 0.2) is 5.78 Å². The van der Waals surface area contributed by atoms with Crippen LogP contribution in [0.1, 0.15) is 22.8 Å². The third-order valence-corrected chi connectivity index (χ3v) is 2.24. The number of hydrogen-bond donors (Lipinski definition) is 1. The molecule has 0 aliphatic carbocycles. The molecule has 0 spiro atoms. The average Bonchev–Trinajstić information content (AvgIpc) is 2.03. The number of nitriles is 1. The molecule has 0 heterocycles. The standard InChI is InChI=1S/C9H6BrNO2/c1-5(12)7-2-6(4-11)8(10)3-9(7)13/h2-3,13H,1H3. The average molecular weight is 240 g/mol. The minimum Gasteiger partial charge on any atom is -0.507 e. The van der Waals surface area contributed by atoms with Gasteiger partial charge >= 0.3 is 0 Å². The molecular formula is C9H6BrNO2. The second kappa shape index (κ2) is 3.58. The molecule has 0 radical (unpaired) electrons. The van der Waals surface area contributed by atoms with Gasteiger partial charge in [0.05, 0.1) is 11.1 Å². The predicted molar refractivity (Wildman–Crippen MR) is 50.5 cm³/mol. The smallest absolute Gasteiger partial charge is 0.163 e. The highest BCUT2D eigenvalue weighted by Crippen LogP contribution is 2.26. The summed E-state index contributed by atoms with van der Waals surface area (Å²) in [6.07, 6.45) is 0. The molecular weight excluding hydrogens is 234 g/mol. The highest BCUT2D eigenvalue weighted by Gasteiger charge is 2.10. The zero-order valence-electron chi connectivity index (χ0n) is 6.84. The van der Waals surface area contributed by atoms with Crippen LogP contribution in [-0.2, 0) is 0 Å². The summed E-state index contributed by atoms with van der Waals surface area (Å²) in [5.41, 5.74) is 0.503. The van der Waals surface area contributed by atoms with Gasteiger partial charge < -0.3 is 5.11 Å². The third kappa shape index (κ3) is 1.87. The number of halogens is 1. The Morgan fingerprint density at radius 1 is 1.62 bits per heavy atom. The Bertz CT molecular complexity index is 407. The van der Waals surface area contributed by atoms with Crippen LogP contribution in [0.15, 0.2) is 16.6 Å². The highest BCUT2D eigenvalue weighted by atomic mass is 79.9. The number of nitrogens with zero attached hydrogens (tertiary/aromatic N) is 1. The summed E-state index contributed by atoms with van der Waals surface area (Å²) in [7, 11) is 0. The van der Waals surface area contributed by atoms with Crippen LogP contribution in [0, 0.1) is 11.3 Å². The molecule has 0 aliphatic heterocycles. The predicted octanol–water partition coefficient (Wildman–Crippen LogP) is 2.23. The van der Waals surface area contributed by atoms with Crippen molar-refractivity contribution in [2.24, 2.45) is 0 Å². The van der Waals surface area contributed by atoms with Crippen molar-refractivity contribution >= 4 is 21.7 Å². The van der Waals surface area contributed by atoms with Gasteiger partial charge in [-0.05, 0) is 35.0 Å². The zero-order valence-corrected chi connectivity index (χ0v) is 8.42. The van der Waals surface area contributed by atoms with Gasteiger partial charge in [0.1, 0.15) is 11.8 Å². The van der Waals surface area contributed by atoms with E-state index in [1.54, 1.807) is 0 Å². The van der Waals surface area contributed by atoms with Gasteiger partial charge in [-0.1, -0.05) is 0 Å². The molecule has 13 heavy (non-hydrogen) atoms. The summed E-state index contributed by atoms with van der Waals surface area (Å²) >= 11 is 3.10. The molecule has 0 unspecified atom stereocenters. The van der Waals surface area contributed by atoms with Gasteiger partial charge in [-0.25, -0.2) is 0 Å². The molecule has 0 aliphatic rings.